The van der Waals surface area contributed by atoms with Crippen molar-refractivity contribution in [2.45, 2.75) is 24.6 Å². The molecule has 0 aromatic carbocycles. The van der Waals surface area contributed by atoms with E-state index in [1.54, 1.807) is 18.0 Å². The van der Waals surface area contributed by atoms with Crippen molar-refractivity contribution < 1.29 is 19.8 Å². The summed E-state index contributed by atoms with van der Waals surface area (Å²) in [6, 6.07) is -0.167. The molecule has 0 spiro atoms. The molecule has 0 unspecified atom stereocenters. The highest BCUT2D eigenvalue weighted by molar-refractivity contribution is 8.03. The monoisotopic (exact) mass is 451 g/mol. The third kappa shape index (κ3) is 3.48. The predicted octanol–water partition coefficient (Wildman–Crippen LogP) is 1.26. The van der Waals surface area contributed by atoms with Crippen LogP contribution < -0.4 is 0 Å². The molecule has 2 fully saturated rings. The first-order chi connectivity index (χ1) is 14.3. The molecule has 11 heteroatoms. The number of amides is 1. The van der Waals surface area contributed by atoms with Crippen LogP contribution in [0.5, 0.6) is 0 Å². The minimum atomic E-state index is -1.06. The van der Waals surface area contributed by atoms with Crippen LogP contribution in [0.1, 0.15) is 13.3 Å². The quantitative estimate of drug-likeness (QED) is 0.623. The highest BCUT2D eigenvalue weighted by Gasteiger charge is 2.58. The number of aromatic nitrogens is 1. The summed E-state index contributed by atoms with van der Waals surface area (Å²) in [7, 11) is 3.93. The van der Waals surface area contributed by atoms with Gasteiger partial charge in [0.2, 0.25) is 17.0 Å². The molecule has 0 saturated carbocycles. The number of carboxylic acids is 1. The van der Waals surface area contributed by atoms with E-state index in [4.69, 9.17) is 0 Å². The number of guanidine groups is 1. The number of carboxylic acid groups (broad SMARTS) is 1. The number of aliphatic carboxylic acids is 1. The number of aliphatic hydroxyl groups excluding tert-OH is 1. The van der Waals surface area contributed by atoms with E-state index < -0.39 is 5.97 Å². The van der Waals surface area contributed by atoms with Crippen molar-refractivity contribution >= 4 is 46.1 Å². The molecule has 9 nitrogen and oxygen atoms in total. The Morgan fingerprint density at radius 3 is 2.63 bits per heavy atom. The molecule has 0 aliphatic carbocycles. The SMILES string of the molecule is C[C@H]1C(SC2CN(C)C(=Nc3nccs3)N(C)C2)=C(C(=O)O)N2C(=O)[C@@H](CCO)[C@@H]12. The fraction of sp³-hybridized carbons (Fsp3) is 0.579. The second-order valence-corrected chi connectivity index (χ2v) is 10.1. The molecule has 0 radical (unpaired) electrons. The van der Waals surface area contributed by atoms with Crippen LogP contribution in [0.2, 0.25) is 0 Å². The summed E-state index contributed by atoms with van der Waals surface area (Å²) in [6.07, 6.45) is 2.10. The fourth-order valence-electron chi connectivity index (χ4n) is 4.60. The van der Waals surface area contributed by atoms with Gasteiger partial charge in [0, 0.05) is 61.4 Å². The van der Waals surface area contributed by atoms with Gasteiger partial charge in [-0.05, 0) is 6.42 Å². The van der Waals surface area contributed by atoms with Crippen molar-refractivity contribution in [1.29, 1.82) is 0 Å². The number of rotatable bonds is 6. The Hall–Kier alpha value is -2.11. The van der Waals surface area contributed by atoms with Crippen LogP contribution in [-0.4, -0.2) is 92.8 Å². The van der Waals surface area contributed by atoms with Crippen LogP contribution >= 0.6 is 23.1 Å². The topological polar surface area (TPSA) is 110 Å². The Kier molecular flexibility index (Phi) is 5.78. The Morgan fingerprint density at radius 1 is 1.37 bits per heavy atom. The van der Waals surface area contributed by atoms with Crippen molar-refractivity contribution in [2.24, 2.45) is 16.8 Å². The maximum Gasteiger partial charge on any atom is 0.353 e. The minimum Gasteiger partial charge on any atom is -0.477 e. The van der Waals surface area contributed by atoms with Crippen LogP contribution in [0.4, 0.5) is 5.13 Å². The highest BCUT2D eigenvalue weighted by Crippen LogP contribution is 2.51. The lowest BCUT2D eigenvalue weighted by atomic mass is 9.80. The van der Waals surface area contributed by atoms with E-state index in [2.05, 4.69) is 19.8 Å². The van der Waals surface area contributed by atoms with Crippen molar-refractivity contribution in [3.8, 4) is 0 Å². The molecule has 3 aliphatic heterocycles. The number of hydrogen-bond donors (Lipinski definition) is 2. The summed E-state index contributed by atoms with van der Waals surface area (Å²) in [5.41, 5.74) is 0.115. The van der Waals surface area contributed by atoms with Gasteiger partial charge in [-0.3, -0.25) is 4.79 Å². The smallest absolute Gasteiger partial charge is 0.353 e. The molecule has 1 amide bonds. The zero-order valence-electron chi connectivity index (χ0n) is 17.1. The van der Waals surface area contributed by atoms with Crippen molar-refractivity contribution in [1.82, 2.24) is 19.7 Å². The van der Waals surface area contributed by atoms with Gasteiger partial charge in [-0.25, -0.2) is 9.78 Å². The first-order valence-corrected chi connectivity index (χ1v) is 11.6. The number of hydrogen-bond acceptors (Lipinski definition) is 7. The van der Waals surface area contributed by atoms with Gasteiger partial charge in [-0.15, -0.1) is 23.1 Å². The van der Waals surface area contributed by atoms with Gasteiger partial charge < -0.3 is 24.9 Å². The van der Waals surface area contributed by atoms with E-state index >= 15 is 0 Å². The average Bonchev–Trinajstić information content (AvgIpc) is 3.28. The van der Waals surface area contributed by atoms with E-state index in [9.17, 15) is 19.8 Å². The first kappa shape index (κ1) is 21.1. The van der Waals surface area contributed by atoms with Gasteiger partial charge >= 0.3 is 5.97 Å². The number of fused-ring (bicyclic) bond motifs is 1. The molecule has 162 valence electrons. The van der Waals surface area contributed by atoms with Crippen molar-refractivity contribution in [2.75, 3.05) is 33.8 Å². The summed E-state index contributed by atoms with van der Waals surface area (Å²) in [6.45, 7) is 3.33. The molecule has 3 atom stereocenters. The number of carbonyl (C=O) groups excluding carboxylic acids is 1. The number of aliphatic imine (C=N–C) groups is 1. The molecule has 2 saturated heterocycles. The number of carbonyl (C=O) groups is 2. The Morgan fingerprint density at radius 2 is 2.07 bits per heavy atom. The van der Waals surface area contributed by atoms with E-state index in [1.165, 1.54) is 16.2 Å². The molecule has 3 aliphatic rings. The highest BCUT2D eigenvalue weighted by atomic mass is 32.2. The number of thiazole rings is 1. The number of nitrogens with zero attached hydrogens (tertiary/aromatic N) is 5. The van der Waals surface area contributed by atoms with E-state index in [0.29, 0.717) is 24.6 Å². The second-order valence-electron chi connectivity index (χ2n) is 7.85. The fourth-order valence-corrected chi connectivity index (χ4v) is 6.71. The molecular weight excluding hydrogens is 426 g/mol. The summed E-state index contributed by atoms with van der Waals surface area (Å²) < 4.78 is 0. The largest absolute Gasteiger partial charge is 0.477 e. The molecule has 2 N–H and O–H groups in total. The van der Waals surface area contributed by atoms with Crippen molar-refractivity contribution in [3.05, 3.63) is 22.2 Å². The lowest BCUT2D eigenvalue weighted by Crippen LogP contribution is -2.60. The van der Waals surface area contributed by atoms with E-state index in [0.717, 1.165) is 10.9 Å². The van der Waals surface area contributed by atoms with Gasteiger partial charge in [0.05, 0.1) is 12.0 Å². The number of β-lactam (4-membered cyclic amide) rings is 1. The molecule has 1 aromatic heterocycles. The molecular formula is C19H25N5O4S2. The maximum absolute atomic E-state index is 12.5. The molecule has 1 aromatic rings. The predicted molar refractivity (Wildman–Crippen MR) is 116 cm³/mol. The zero-order chi connectivity index (χ0) is 21.6. The lowest BCUT2D eigenvalue weighted by Gasteiger charge is -2.45. The third-order valence-electron chi connectivity index (χ3n) is 5.85. The van der Waals surface area contributed by atoms with Crippen LogP contribution in [0.3, 0.4) is 0 Å². The van der Waals surface area contributed by atoms with Crippen LogP contribution in [0, 0.1) is 11.8 Å². The summed E-state index contributed by atoms with van der Waals surface area (Å²) in [4.78, 5) is 39.6. The summed E-state index contributed by atoms with van der Waals surface area (Å²) in [5.74, 6) is -0.783. The van der Waals surface area contributed by atoms with Gasteiger partial charge in [0.15, 0.2) is 0 Å². The summed E-state index contributed by atoms with van der Waals surface area (Å²) in [5, 5.41) is 21.8. The van der Waals surface area contributed by atoms with Gasteiger partial charge in [-0.1, -0.05) is 6.92 Å². The lowest BCUT2D eigenvalue weighted by molar-refractivity contribution is -0.157. The normalized spacial score (nSPS) is 28.7. The Labute approximate surface area is 183 Å². The Bertz CT molecular complexity index is 889. The van der Waals surface area contributed by atoms with Gasteiger partial charge in [0.1, 0.15) is 5.70 Å². The van der Waals surface area contributed by atoms with Gasteiger partial charge in [-0.2, -0.15) is 4.99 Å². The molecule has 30 heavy (non-hydrogen) atoms. The van der Waals surface area contributed by atoms with Crippen LogP contribution in [0.15, 0.2) is 27.2 Å². The molecule has 4 heterocycles. The summed E-state index contributed by atoms with van der Waals surface area (Å²) >= 11 is 3.03. The molecule has 0 bridgehead atoms. The third-order valence-corrected chi connectivity index (χ3v) is 7.97. The standard InChI is InChI=1S/C19H25N5O4S2/c1-10-13-12(4-6-25)16(26)24(13)14(17(27)28)15(10)30-11-8-22(2)19(23(3)9-11)21-18-20-5-7-29-18/h5,7,10-13,25H,4,6,8-9H2,1-3H3,(H,27,28)/t10-,11?,12+,13-/m1/s1. The minimum absolute atomic E-state index is 0.0589. The zero-order valence-corrected chi connectivity index (χ0v) is 18.7. The van der Waals surface area contributed by atoms with Gasteiger partial charge in [0.25, 0.3) is 0 Å². The number of aliphatic hydroxyl groups is 1. The van der Waals surface area contributed by atoms with E-state index in [-0.39, 0.29) is 41.3 Å². The van der Waals surface area contributed by atoms with Crippen LogP contribution in [0.25, 0.3) is 0 Å². The number of thioether (sulfide) groups is 1. The van der Waals surface area contributed by atoms with Crippen molar-refractivity contribution in [3.63, 3.8) is 0 Å². The second kappa shape index (κ2) is 8.20. The van der Waals surface area contributed by atoms with E-state index in [1.807, 2.05) is 26.4 Å². The van der Waals surface area contributed by atoms with Crippen LogP contribution in [-0.2, 0) is 9.59 Å². The Balaban J connectivity index is 1.53. The maximum atomic E-state index is 12.5. The first-order valence-electron chi connectivity index (χ1n) is 9.82. The average molecular weight is 452 g/mol. The molecule has 4 rings (SSSR count).